The molecule has 0 amide bonds. The summed E-state index contributed by atoms with van der Waals surface area (Å²) in [4.78, 5) is 0. The Morgan fingerprint density at radius 2 is 1.65 bits per heavy atom. The molecule has 100 valence electrons. The monoisotopic (exact) mass is 267 g/mol. The van der Waals surface area contributed by atoms with E-state index in [1.165, 1.54) is 0 Å². The van der Waals surface area contributed by atoms with E-state index in [0.29, 0.717) is 5.70 Å². The summed E-state index contributed by atoms with van der Waals surface area (Å²) in [5.74, 6) is 0.173. The second-order valence-electron chi connectivity index (χ2n) is 4.44. The van der Waals surface area contributed by atoms with Crippen LogP contribution in [0.1, 0.15) is 17.3 Å². The summed E-state index contributed by atoms with van der Waals surface area (Å²) in [5.41, 5.74) is 2.24. The molecule has 3 rings (SSSR count). The lowest BCUT2D eigenvalue weighted by atomic mass is 10.1. The third kappa shape index (κ3) is 2.39. The first kappa shape index (κ1) is 12.4. The zero-order valence-electron chi connectivity index (χ0n) is 10.6. The molecule has 1 atom stereocenters. The fraction of sp³-hybridized carbons (Fsp3) is 0.0667. The molecule has 20 heavy (non-hydrogen) atoms. The molecule has 0 saturated carbocycles. The van der Waals surface area contributed by atoms with E-state index in [1.54, 1.807) is 30.5 Å². The Hall–Kier alpha value is -2.66. The van der Waals surface area contributed by atoms with Crippen LogP contribution in [-0.4, -0.2) is 15.4 Å². The number of hydrogen-bond acceptors (Lipinski definition) is 5. The average Bonchev–Trinajstić information content (AvgIpc) is 2.49. The van der Waals surface area contributed by atoms with Gasteiger partial charge in [-0.3, -0.25) is 5.21 Å². The summed E-state index contributed by atoms with van der Waals surface area (Å²) >= 11 is 0. The number of aromatic hydroxyl groups is 1. The van der Waals surface area contributed by atoms with Gasteiger partial charge in [0.2, 0.25) is 0 Å². The van der Waals surface area contributed by atoms with Gasteiger partial charge in [-0.05, 0) is 12.1 Å². The highest BCUT2D eigenvalue weighted by Gasteiger charge is 2.20. The van der Waals surface area contributed by atoms with Gasteiger partial charge in [0.15, 0.2) is 6.17 Å². The molecule has 5 nitrogen and oxygen atoms in total. The van der Waals surface area contributed by atoms with Crippen LogP contribution < -0.4 is 0 Å². The zero-order valence-corrected chi connectivity index (χ0v) is 10.6. The van der Waals surface area contributed by atoms with E-state index in [2.05, 4.69) is 10.2 Å². The minimum atomic E-state index is -0.594. The molecular formula is C15H13N3O2. The van der Waals surface area contributed by atoms with Crippen molar-refractivity contribution in [1.29, 1.82) is 0 Å². The Balaban J connectivity index is 1.86. The first-order valence-electron chi connectivity index (χ1n) is 6.18. The van der Waals surface area contributed by atoms with Crippen molar-refractivity contribution in [1.82, 2.24) is 5.06 Å². The van der Waals surface area contributed by atoms with Gasteiger partial charge in [-0.25, -0.2) is 5.06 Å². The fourth-order valence-electron chi connectivity index (χ4n) is 2.00. The van der Waals surface area contributed by atoms with Crippen LogP contribution in [-0.2, 0) is 0 Å². The third-order valence-corrected chi connectivity index (χ3v) is 3.04. The number of nitrogens with zero attached hydrogens (tertiary/aromatic N) is 3. The Labute approximate surface area is 116 Å². The minimum Gasteiger partial charge on any atom is -0.508 e. The summed E-state index contributed by atoms with van der Waals surface area (Å²) in [5, 5.41) is 28.6. The number of phenols is 1. The van der Waals surface area contributed by atoms with Gasteiger partial charge in [0, 0.05) is 11.1 Å². The van der Waals surface area contributed by atoms with Crippen molar-refractivity contribution >= 4 is 5.70 Å². The van der Waals surface area contributed by atoms with E-state index in [-0.39, 0.29) is 5.75 Å². The van der Waals surface area contributed by atoms with Gasteiger partial charge in [-0.2, -0.15) is 10.2 Å². The number of phenolic OH excluding ortho intramolecular Hbond substituents is 1. The third-order valence-electron chi connectivity index (χ3n) is 3.04. The van der Waals surface area contributed by atoms with Gasteiger partial charge in [0.25, 0.3) is 0 Å². The lowest BCUT2D eigenvalue weighted by Crippen LogP contribution is -2.20. The molecule has 0 radical (unpaired) electrons. The van der Waals surface area contributed by atoms with Crippen LogP contribution in [0.2, 0.25) is 0 Å². The largest absolute Gasteiger partial charge is 0.508 e. The first-order chi connectivity index (χ1) is 9.74. The van der Waals surface area contributed by atoms with E-state index in [9.17, 15) is 10.3 Å². The van der Waals surface area contributed by atoms with Crippen LogP contribution in [0, 0.1) is 0 Å². The lowest BCUT2D eigenvalue weighted by Gasteiger charge is -2.24. The van der Waals surface area contributed by atoms with E-state index in [0.717, 1.165) is 16.2 Å². The Morgan fingerprint density at radius 1 is 0.950 bits per heavy atom. The van der Waals surface area contributed by atoms with Crippen molar-refractivity contribution < 1.29 is 10.3 Å². The van der Waals surface area contributed by atoms with Crippen molar-refractivity contribution in [2.75, 3.05) is 0 Å². The summed E-state index contributed by atoms with van der Waals surface area (Å²) in [7, 11) is 0. The highest BCUT2D eigenvalue weighted by Crippen LogP contribution is 2.30. The fourth-order valence-corrected chi connectivity index (χ4v) is 2.00. The maximum atomic E-state index is 10.1. The van der Waals surface area contributed by atoms with Gasteiger partial charge in [0.05, 0.1) is 6.20 Å². The van der Waals surface area contributed by atoms with Crippen LogP contribution in [0.25, 0.3) is 5.70 Å². The molecule has 1 aliphatic heterocycles. The minimum absolute atomic E-state index is 0.173. The molecule has 0 aromatic heterocycles. The Kier molecular flexibility index (Phi) is 3.18. The maximum Gasteiger partial charge on any atom is 0.191 e. The van der Waals surface area contributed by atoms with Crippen LogP contribution in [0.3, 0.4) is 0 Å². The standard InChI is InChI=1S/C15H13N3O2/c19-13-8-6-12(7-9-13)15-17-16-14(10-18(15)20)11-4-2-1-3-5-11/h1-10,15,19-20H. The number of benzene rings is 2. The molecular weight excluding hydrogens is 254 g/mol. The molecule has 2 aromatic rings. The molecule has 1 aliphatic rings. The van der Waals surface area contributed by atoms with Crippen molar-refractivity contribution in [2.24, 2.45) is 10.2 Å². The van der Waals surface area contributed by atoms with Crippen molar-refractivity contribution in [3.63, 3.8) is 0 Å². The van der Waals surface area contributed by atoms with Gasteiger partial charge in [-0.1, -0.05) is 42.5 Å². The topological polar surface area (TPSA) is 68.4 Å². The number of rotatable bonds is 2. The molecule has 1 unspecified atom stereocenters. The molecule has 0 spiro atoms. The summed E-state index contributed by atoms with van der Waals surface area (Å²) in [6.45, 7) is 0. The molecule has 2 aromatic carbocycles. The van der Waals surface area contributed by atoms with E-state index < -0.39 is 6.17 Å². The van der Waals surface area contributed by atoms with Gasteiger partial charge in [0.1, 0.15) is 11.4 Å². The van der Waals surface area contributed by atoms with E-state index >= 15 is 0 Å². The number of hydroxylamine groups is 2. The molecule has 1 heterocycles. The SMILES string of the molecule is Oc1ccc(C2N=NC(c3ccccc3)=CN2O)cc1. The highest BCUT2D eigenvalue weighted by molar-refractivity contribution is 5.64. The highest BCUT2D eigenvalue weighted by atomic mass is 16.5. The van der Waals surface area contributed by atoms with E-state index in [1.807, 2.05) is 30.3 Å². The zero-order chi connectivity index (χ0) is 13.9. The first-order valence-corrected chi connectivity index (χ1v) is 6.18. The molecule has 0 aliphatic carbocycles. The predicted molar refractivity (Wildman–Crippen MR) is 73.7 cm³/mol. The van der Waals surface area contributed by atoms with Crippen molar-refractivity contribution in [3.05, 3.63) is 71.9 Å². The van der Waals surface area contributed by atoms with Crippen molar-refractivity contribution in [2.45, 2.75) is 6.17 Å². The van der Waals surface area contributed by atoms with Gasteiger partial charge >= 0.3 is 0 Å². The van der Waals surface area contributed by atoms with Crippen LogP contribution in [0.5, 0.6) is 5.75 Å². The number of azo groups is 1. The average molecular weight is 267 g/mol. The second-order valence-corrected chi connectivity index (χ2v) is 4.44. The number of hydrogen-bond donors (Lipinski definition) is 2. The van der Waals surface area contributed by atoms with Crippen LogP contribution in [0.4, 0.5) is 0 Å². The molecule has 0 bridgehead atoms. The summed E-state index contributed by atoms with van der Waals surface area (Å²) in [6.07, 6.45) is 0.947. The van der Waals surface area contributed by atoms with Gasteiger partial charge in [-0.15, -0.1) is 0 Å². The summed E-state index contributed by atoms with van der Waals surface area (Å²) < 4.78 is 0. The normalized spacial score (nSPS) is 17.9. The quantitative estimate of drug-likeness (QED) is 0.874. The molecule has 5 heteroatoms. The van der Waals surface area contributed by atoms with Crippen LogP contribution >= 0.6 is 0 Å². The van der Waals surface area contributed by atoms with Gasteiger partial charge < -0.3 is 5.11 Å². The molecule has 0 fully saturated rings. The van der Waals surface area contributed by atoms with Crippen molar-refractivity contribution in [3.8, 4) is 5.75 Å². The summed E-state index contributed by atoms with van der Waals surface area (Å²) in [6, 6.07) is 16.0. The maximum absolute atomic E-state index is 10.1. The lowest BCUT2D eigenvalue weighted by molar-refractivity contribution is -0.0821. The molecule has 2 N–H and O–H groups in total. The molecule has 0 saturated heterocycles. The van der Waals surface area contributed by atoms with Crippen LogP contribution in [0.15, 0.2) is 71.0 Å². The smallest absolute Gasteiger partial charge is 0.191 e. The second kappa shape index (κ2) is 5.14. The van der Waals surface area contributed by atoms with E-state index in [4.69, 9.17) is 0 Å². The predicted octanol–water partition coefficient (Wildman–Crippen LogP) is 3.55. The Morgan fingerprint density at radius 3 is 2.30 bits per heavy atom. The Bertz CT molecular complexity index is 651.